The molecule has 0 aliphatic carbocycles. The molecule has 196 valence electrons. The summed E-state index contributed by atoms with van der Waals surface area (Å²) < 4.78 is 20.8. The Bertz CT molecular complexity index is 1020. The van der Waals surface area contributed by atoms with Crippen LogP contribution < -0.4 is 11.0 Å². The number of amides is 1. The summed E-state index contributed by atoms with van der Waals surface area (Å²) in [7, 11) is -4.42. The molecule has 9 nitrogen and oxygen atoms in total. The minimum absolute atomic E-state index is 0.00455. The van der Waals surface area contributed by atoms with Crippen LogP contribution in [0.3, 0.4) is 0 Å². The predicted octanol–water partition coefficient (Wildman–Crippen LogP) is 4.65. The van der Waals surface area contributed by atoms with Gasteiger partial charge in [-0.15, -0.1) is 0 Å². The summed E-state index contributed by atoms with van der Waals surface area (Å²) in [6.45, 7) is 23.0. The topological polar surface area (TPSA) is 115 Å². The molecule has 2 heterocycles. The third-order valence-electron chi connectivity index (χ3n) is 7.56. The molecule has 1 amide bonds. The van der Waals surface area contributed by atoms with Crippen LogP contribution in [0, 0.1) is 17.2 Å². The van der Waals surface area contributed by atoms with Crippen molar-refractivity contribution in [1.29, 1.82) is 5.26 Å². The Balaban J connectivity index is 2.46. The van der Waals surface area contributed by atoms with Crippen molar-refractivity contribution in [2.75, 3.05) is 11.9 Å². The number of carbonyl (C=O) groups excluding carboxylic acids is 1. The number of anilines is 1. The van der Waals surface area contributed by atoms with Crippen molar-refractivity contribution in [2.45, 2.75) is 103 Å². The van der Waals surface area contributed by atoms with Crippen molar-refractivity contribution in [1.82, 2.24) is 9.55 Å². The highest BCUT2D eigenvalue weighted by molar-refractivity contribution is 6.74. The molecule has 1 aliphatic rings. The SMILES string of the molecule is CC(=O)Nc1ccn([C@@H]2O[C@H](CO[Si](C)(C)C(C)(C)C)[C@H](C#N)[C@H]2O[Si](C)(C)C(C)(C)C)c(=O)n1. The van der Waals surface area contributed by atoms with Crippen LogP contribution in [0.1, 0.15) is 54.7 Å². The fourth-order valence-corrected chi connectivity index (χ4v) is 5.58. The number of nitrogens with zero attached hydrogens (tertiary/aromatic N) is 3. The normalized spacial score (nSPS) is 23.7. The number of aromatic nitrogens is 2. The van der Waals surface area contributed by atoms with E-state index in [2.05, 4.69) is 84.1 Å². The lowest BCUT2D eigenvalue weighted by Crippen LogP contribution is -2.48. The quantitative estimate of drug-likeness (QED) is 0.518. The van der Waals surface area contributed by atoms with E-state index in [9.17, 15) is 14.9 Å². The molecular weight excluding hydrogens is 480 g/mol. The van der Waals surface area contributed by atoms with Crippen LogP contribution in [0.2, 0.25) is 36.3 Å². The molecule has 1 fully saturated rings. The van der Waals surface area contributed by atoms with Crippen LogP contribution in [0.4, 0.5) is 5.82 Å². The Labute approximate surface area is 211 Å². The molecule has 1 saturated heterocycles. The number of ether oxygens (including phenoxy) is 1. The van der Waals surface area contributed by atoms with Gasteiger partial charge in [0.1, 0.15) is 23.9 Å². The van der Waals surface area contributed by atoms with Gasteiger partial charge in [-0.2, -0.15) is 10.2 Å². The molecule has 4 atom stereocenters. The molecule has 1 aromatic heterocycles. The van der Waals surface area contributed by atoms with Gasteiger partial charge >= 0.3 is 5.69 Å². The smallest absolute Gasteiger partial charge is 0.351 e. The van der Waals surface area contributed by atoms with Gasteiger partial charge < -0.3 is 18.9 Å². The lowest BCUT2D eigenvalue weighted by molar-refractivity contribution is -0.114. The van der Waals surface area contributed by atoms with Gasteiger partial charge in [-0.3, -0.25) is 9.36 Å². The minimum atomic E-state index is -2.33. The molecule has 1 aromatic rings. The van der Waals surface area contributed by atoms with Gasteiger partial charge in [0, 0.05) is 13.1 Å². The number of hydrogen-bond donors (Lipinski definition) is 1. The number of hydrogen-bond acceptors (Lipinski definition) is 7. The van der Waals surface area contributed by atoms with Crippen molar-refractivity contribution >= 4 is 28.4 Å². The van der Waals surface area contributed by atoms with E-state index in [0.29, 0.717) is 0 Å². The zero-order chi connectivity index (χ0) is 27.0. The highest BCUT2D eigenvalue weighted by Crippen LogP contribution is 2.44. The van der Waals surface area contributed by atoms with Gasteiger partial charge in [0.05, 0.1) is 12.7 Å². The molecule has 0 aromatic carbocycles. The first-order chi connectivity index (χ1) is 15.8. The first kappa shape index (κ1) is 29.4. The van der Waals surface area contributed by atoms with Crippen LogP contribution in [0.5, 0.6) is 0 Å². The second-order valence-electron chi connectivity index (χ2n) is 12.3. The number of carbonyl (C=O) groups is 1. The fraction of sp³-hybridized carbons (Fsp3) is 0.750. The Morgan fingerprint density at radius 1 is 1.17 bits per heavy atom. The fourth-order valence-electron chi connectivity index (χ4n) is 3.27. The van der Waals surface area contributed by atoms with Crippen LogP contribution in [-0.2, 0) is 18.4 Å². The summed E-state index contributed by atoms with van der Waals surface area (Å²) in [6.07, 6.45) is -0.539. The average Bonchev–Trinajstić information content (AvgIpc) is 3.00. The molecule has 1 N–H and O–H groups in total. The average molecular weight is 523 g/mol. The molecule has 0 unspecified atom stereocenters. The molecule has 11 heteroatoms. The van der Waals surface area contributed by atoms with Crippen LogP contribution in [0.25, 0.3) is 0 Å². The van der Waals surface area contributed by atoms with E-state index in [1.165, 1.54) is 23.8 Å². The summed E-state index contributed by atoms with van der Waals surface area (Å²) in [4.78, 5) is 28.3. The molecule has 1 aliphatic heterocycles. The summed E-state index contributed by atoms with van der Waals surface area (Å²) in [5, 5.41) is 12.6. The van der Waals surface area contributed by atoms with E-state index >= 15 is 0 Å². The summed E-state index contributed by atoms with van der Waals surface area (Å²) in [6, 6.07) is 3.92. The molecule has 0 radical (unpaired) electrons. The zero-order valence-electron chi connectivity index (χ0n) is 23.1. The van der Waals surface area contributed by atoms with E-state index in [-0.39, 0.29) is 28.4 Å². The first-order valence-corrected chi connectivity index (χ1v) is 17.9. The third-order valence-corrected chi connectivity index (χ3v) is 16.5. The van der Waals surface area contributed by atoms with Crippen molar-refractivity contribution in [3.05, 3.63) is 22.7 Å². The monoisotopic (exact) mass is 522 g/mol. The van der Waals surface area contributed by atoms with Gasteiger partial charge in [-0.25, -0.2) is 4.79 Å². The van der Waals surface area contributed by atoms with Gasteiger partial charge in [0.15, 0.2) is 22.9 Å². The lowest BCUT2D eigenvalue weighted by atomic mass is 10.0. The number of rotatable bonds is 7. The largest absolute Gasteiger partial charge is 0.414 e. The number of nitrogens with one attached hydrogen (secondary N) is 1. The Kier molecular flexibility index (Phi) is 8.61. The molecule has 0 spiro atoms. The molecule has 0 bridgehead atoms. The highest BCUT2D eigenvalue weighted by atomic mass is 28.4. The molecule has 2 rings (SSSR count). The molecule has 35 heavy (non-hydrogen) atoms. The Morgan fingerprint density at radius 2 is 1.74 bits per heavy atom. The maximum atomic E-state index is 12.9. The summed E-state index contributed by atoms with van der Waals surface area (Å²) in [5.41, 5.74) is -0.590. The van der Waals surface area contributed by atoms with Gasteiger partial charge in [0.2, 0.25) is 5.91 Å². The third kappa shape index (κ3) is 6.68. The van der Waals surface area contributed by atoms with Crippen LogP contribution >= 0.6 is 0 Å². The maximum Gasteiger partial charge on any atom is 0.351 e. The van der Waals surface area contributed by atoms with Crippen molar-refractivity contribution in [2.24, 2.45) is 5.92 Å². The molecular formula is C24H42N4O5Si2. The van der Waals surface area contributed by atoms with Gasteiger partial charge in [0.25, 0.3) is 0 Å². The summed E-state index contributed by atoms with van der Waals surface area (Å²) in [5.74, 6) is -0.785. The van der Waals surface area contributed by atoms with Crippen molar-refractivity contribution in [3.63, 3.8) is 0 Å². The molecule has 0 saturated carbocycles. The second kappa shape index (κ2) is 10.3. The highest BCUT2D eigenvalue weighted by Gasteiger charge is 2.52. The van der Waals surface area contributed by atoms with E-state index in [0.717, 1.165) is 0 Å². The van der Waals surface area contributed by atoms with E-state index in [1.54, 1.807) is 0 Å². The minimum Gasteiger partial charge on any atom is -0.414 e. The van der Waals surface area contributed by atoms with Gasteiger partial charge in [-0.1, -0.05) is 41.5 Å². The standard InChI is InChI=1S/C24H42N4O5Si2/c1-16(29)26-19-12-13-28(22(30)27-19)21-20(33-35(10,11)24(5,6)7)17(14-25)18(32-21)15-31-34(8,9)23(2,3)4/h12-13,17-18,20-21H,15H2,1-11H3,(H,26,27,29,30)/t17-,18+,20+,21+/m0/s1. The van der Waals surface area contributed by atoms with E-state index in [4.69, 9.17) is 13.6 Å². The van der Waals surface area contributed by atoms with Crippen LogP contribution in [-0.4, -0.2) is 50.9 Å². The van der Waals surface area contributed by atoms with Crippen LogP contribution in [0.15, 0.2) is 17.1 Å². The first-order valence-electron chi connectivity index (χ1n) is 12.0. The van der Waals surface area contributed by atoms with Crippen molar-refractivity contribution in [3.8, 4) is 6.07 Å². The van der Waals surface area contributed by atoms with E-state index in [1.807, 2.05) is 0 Å². The Morgan fingerprint density at radius 3 is 2.20 bits per heavy atom. The predicted molar refractivity (Wildman–Crippen MR) is 141 cm³/mol. The zero-order valence-corrected chi connectivity index (χ0v) is 25.1. The van der Waals surface area contributed by atoms with Crippen molar-refractivity contribution < 1.29 is 18.4 Å². The summed E-state index contributed by atoms with van der Waals surface area (Å²) >= 11 is 0. The van der Waals surface area contributed by atoms with Gasteiger partial charge in [-0.05, 0) is 42.3 Å². The number of nitriles is 1. The maximum absolute atomic E-state index is 12.9. The lowest BCUT2D eigenvalue weighted by Gasteiger charge is -2.40. The van der Waals surface area contributed by atoms with E-state index < -0.39 is 46.7 Å². The Hall–Kier alpha value is -1.85. The second-order valence-corrected chi connectivity index (χ2v) is 21.9.